The number of rotatable bonds is 3. The molecule has 0 saturated heterocycles. The molecule has 1 N–H and O–H groups in total. The van der Waals surface area contributed by atoms with Gasteiger partial charge in [0.05, 0.1) is 6.54 Å². The number of phenolic OH excluding ortho intramolecular Hbond substituents is 1. The molecule has 0 aliphatic rings. The Labute approximate surface area is 110 Å². The van der Waals surface area contributed by atoms with Crippen molar-refractivity contribution in [2.24, 2.45) is 0 Å². The summed E-state index contributed by atoms with van der Waals surface area (Å²) in [6, 6.07) is 8.98. The van der Waals surface area contributed by atoms with Crippen LogP contribution in [0.5, 0.6) is 5.75 Å². The summed E-state index contributed by atoms with van der Waals surface area (Å²) in [5, 5.41) is 11.6. The first-order valence-electron chi connectivity index (χ1n) is 5.65. The van der Waals surface area contributed by atoms with E-state index in [9.17, 15) is 9.90 Å². The molecule has 1 aromatic heterocycles. The van der Waals surface area contributed by atoms with E-state index in [1.807, 2.05) is 17.5 Å². The van der Waals surface area contributed by atoms with E-state index < -0.39 is 0 Å². The normalized spacial score (nSPS) is 10.3. The summed E-state index contributed by atoms with van der Waals surface area (Å²) in [5.74, 6) is 0.0732. The molecular weight excluding hydrogens is 246 g/mol. The second-order valence-corrected chi connectivity index (χ2v) is 5.27. The van der Waals surface area contributed by atoms with E-state index in [0.29, 0.717) is 12.1 Å². The molecule has 1 aromatic carbocycles. The molecule has 1 heterocycles. The molecule has 94 valence electrons. The number of nitrogens with zero attached hydrogens (tertiary/aromatic N) is 1. The van der Waals surface area contributed by atoms with Crippen molar-refractivity contribution in [2.75, 3.05) is 7.05 Å². The van der Waals surface area contributed by atoms with Crippen LogP contribution in [0.4, 0.5) is 0 Å². The molecule has 2 aromatic rings. The van der Waals surface area contributed by atoms with Gasteiger partial charge < -0.3 is 10.0 Å². The third-order valence-corrected chi connectivity index (χ3v) is 3.64. The van der Waals surface area contributed by atoms with E-state index in [0.717, 1.165) is 10.4 Å². The van der Waals surface area contributed by atoms with Crippen molar-refractivity contribution in [1.82, 2.24) is 4.90 Å². The van der Waals surface area contributed by atoms with Gasteiger partial charge in [-0.25, -0.2) is 0 Å². The molecule has 18 heavy (non-hydrogen) atoms. The van der Waals surface area contributed by atoms with E-state index in [-0.39, 0.29) is 11.7 Å². The van der Waals surface area contributed by atoms with E-state index in [4.69, 9.17) is 0 Å². The lowest BCUT2D eigenvalue weighted by atomic mass is 10.1. The Hall–Kier alpha value is -1.81. The van der Waals surface area contributed by atoms with Gasteiger partial charge in [0.25, 0.3) is 5.91 Å². The van der Waals surface area contributed by atoms with Gasteiger partial charge in [0.2, 0.25) is 0 Å². The average molecular weight is 261 g/mol. The van der Waals surface area contributed by atoms with Crippen molar-refractivity contribution in [3.8, 4) is 5.75 Å². The quantitative estimate of drug-likeness (QED) is 0.922. The molecule has 4 heteroatoms. The third kappa shape index (κ3) is 2.71. The van der Waals surface area contributed by atoms with Crippen LogP contribution in [-0.2, 0) is 6.54 Å². The smallest absolute Gasteiger partial charge is 0.254 e. The Balaban J connectivity index is 2.12. The topological polar surface area (TPSA) is 40.5 Å². The molecule has 0 atom stereocenters. The summed E-state index contributed by atoms with van der Waals surface area (Å²) in [4.78, 5) is 14.9. The van der Waals surface area contributed by atoms with Gasteiger partial charge in [-0.2, -0.15) is 0 Å². The SMILES string of the molecule is Cc1ccc(C(=O)N(C)Cc2cccs2)cc1O. The van der Waals surface area contributed by atoms with Crippen LogP contribution in [0.25, 0.3) is 0 Å². The van der Waals surface area contributed by atoms with Gasteiger partial charge >= 0.3 is 0 Å². The first kappa shape index (κ1) is 12.6. The van der Waals surface area contributed by atoms with E-state index in [1.54, 1.807) is 42.3 Å². The maximum atomic E-state index is 12.2. The van der Waals surface area contributed by atoms with Crippen LogP contribution in [0.2, 0.25) is 0 Å². The molecule has 1 amide bonds. The number of aryl methyl sites for hydroxylation is 1. The van der Waals surface area contributed by atoms with E-state index in [1.165, 1.54) is 6.07 Å². The highest BCUT2D eigenvalue weighted by Gasteiger charge is 2.13. The van der Waals surface area contributed by atoms with Gasteiger partial charge in [0.15, 0.2) is 0 Å². The zero-order chi connectivity index (χ0) is 13.1. The molecule has 0 radical (unpaired) electrons. The first-order valence-corrected chi connectivity index (χ1v) is 6.53. The number of phenols is 1. The monoisotopic (exact) mass is 261 g/mol. The van der Waals surface area contributed by atoms with Gasteiger partial charge in [-0.3, -0.25) is 4.79 Å². The highest BCUT2D eigenvalue weighted by atomic mass is 32.1. The Bertz CT molecular complexity index is 549. The Morgan fingerprint density at radius 1 is 1.39 bits per heavy atom. The van der Waals surface area contributed by atoms with E-state index >= 15 is 0 Å². The second kappa shape index (κ2) is 5.23. The Morgan fingerprint density at radius 2 is 2.17 bits per heavy atom. The predicted molar refractivity (Wildman–Crippen MR) is 73.0 cm³/mol. The Morgan fingerprint density at radius 3 is 2.78 bits per heavy atom. The Kier molecular flexibility index (Phi) is 3.67. The summed E-state index contributed by atoms with van der Waals surface area (Å²) in [5.41, 5.74) is 1.28. The molecule has 2 rings (SSSR count). The molecular formula is C14H15NO2S. The standard InChI is InChI=1S/C14H15NO2S/c1-10-5-6-11(8-13(10)16)14(17)15(2)9-12-4-3-7-18-12/h3-8,16H,9H2,1-2H3. The number of thiophene rings is 1. The predicted octanol–water partition coefficient (Wildman–Crippen LogP) is 3.03. The van der Waals surface area contributed by atoms with Gasteiger partial charge in [-0.05, 0) is 36.1 Å². The van der Waals surface area contributed by atoms with Crippen LogP contribution >= 0.6 is 11.3 Å². The number of benzene rings is 1. The van der Waals surface area contributed by atoms with Crippen molar-refractivity contribution < 1.29 is 9.90 Å². The first-order chi connectivity index (χ1) is 8.58. The van der Waals surface area contributed by atoms with Crippen molar-refractivity contribution in [3.63, 3.8) is 0 Å². The maximum absolute atomic E-state index is 12.2. The minimum Gasteiger partial charge on any atom is -0.508 e. The van der Waals surface area contributed by atoms with Crippen LogP contribution < -0.4 is 0 Å². The number of carbonyl (C=O) groups is 1. The lowest BCUT2D eigenvalue weighted by Crippen LogP contribution is -2.25. The molecule has 0 fully saturated rings. The van der Waals surface area contributed by atoms with E-state index in [2.05, 4.69) is 0 Å². The molecule has 0 aliphatic heterocycles. The third-order valence-electron chi connectivity index (χ3n) is 2.78. The number of carbonyl (C=O) groups excluding carboxylic acids is 1. The molecule has 0 aliphatic carbocycles. The zero-order valence-corrected chi connectivity index (χ0v) is 11.2. The fourth-order valence-electron chi connectivity index (χ4n) is 1.67. The van der Waals surface area contributed by atoms with Crippen molar-refractivity contribution >= 4 is 17.2 Å². The lowest BCUT2D eigenvalue weighted by Gasteiger charge is -2.16. The number of hydrogen-bond donors (Lipinski definition) is 1. The van der Waals surface area contributed by atoms with Gasteiger partial charge in [-0.15, -0.1) is 11.3 Å². The lowest BCUT2D eigenvalue weighted by molar-refractivity contribution is 0.0786. The highest BCUT2D eigenvalue weighted by Crippen LogP contribution is 2.19. The molecule has 0 unspecified atom stereocenters. The van der Waals surface area contributed by atoms with Crippen LogP contribution in [0.15, 0.2) is 35.7 Å². The number of hydrogen-bond acceptors (Lipinski definition) is 3. The second-order valence-electron chi connectivity index (χ2n) is 4.24. The zero-order valence-electron chi connectivity index (χ0n) is 10.4. The van der Waals surface area contributed by atoms with Crippen LogP contribution in [0, 0.1) is 6.92 Å². The van der Waals surface area contributed by atoms with Crippen molar-refractivity contribution in [2.45, 2.75) is 13.5 Å². The van der Waals surface area contributed by atoms with Crippen molar-refractivity contribution in [3.05, 3.63) is 51.7 Å². The maximum Gasteiger partial charge on any atom is 0.254 e. The van der Waals surface area contributed by atoms with Gasteiger partial charge in [-0.1, -0.05) is 12.1 Å². The summed E-state index contributed by atoms with van der Waals surface area (Å²) >= 11 is 1.63. The average Bonchev–Trinajstić information content (AvgIpc) is 2.84. The van der Waals surface area contributed by atoms with Gasteiger partial charge in [0, 0.05) is 17.5 Å². The number of aromatic hydroxyl groups is 1. The highest BCUT2D eigenvalue weighted by molar-refractivity contribution is 7.09. The summed E-state index contributed by atoms with van der Waals surface area (Å²) < 4.78 is 0. The molecule has 0 saturated carbocycles. The van der Waals surface area contributed by atoms with Crippen molar-refractivity contribution in [1.29, 1.82) is 0 Å². The molecule has 3 nitrogen and oxygen atoms in total. The van der Waals surface area contributed by atoms with Crippen LogP contribution in [0.3, 0.4) is 0 Å². The van der Waals surface area contributed by atoms with Gasteiger partial charge in [0.1, 0.15) is 5.75 Å². The molecule has 0 spiro atoms. The molecule has 0 bridgehead atoms. The fraction of sp³-hybridized carbons (Fsp3) is 0.214. The largest absolute Gasteiger partial charge is 0.508 e. The number of amides is 1. The fourth-order valence-corrected chi connectivity index (χ4v) is 2.43. The van der Waals surface area contributed by atoms with Crippen LogP contribution in [0.1, 0.15) is 20.8 Å². The minimum absolute atomic E-state index is 0.0845. The minimum atomic E-state index is -0.0845. The summed E-state index contributed by atoms with van der Waals surface area (Å²) in [6.07, 6.45) is 0. The summed E-state index contributed by atoms with van der Waals surface area (Å²) in [7, 11) is 1.76. The summed E-state index contributed by atoms with van der Waals surface area (Å²) in [6.45, 7) is 2.39. The van der Waals surface area contributed by atoms with Crippen LogP contribution in [-0.4, -0.2) is 23.0 Å².